The summed E-state index contributed by atoms with van der Waals surface area (Å²) in [4.78, 5) is 16.2. The predicted molar refractivity (Wildman–Crippen MR) is 115 cm³/mol. The number of aryl methyl sites for hydroxylation is 2. The van der Waals surface area contributed by atoms with Crippen LogP contribution >= 0.6 is 24.0 Å². The van der Waals surface area contributed by atoms with Gasteiger partial charge in [-0.1, -0.05) is 23.8 Å². The van der Waals surface area contributed by atoms with Crippen LogP contribution in [0.25, 0.3) is 0 Å². The Morgan fingerprint density at radius 1 is 1.16 bits per heavy atom. The first kappa shape index (κ1) is 21.7. The molecule has 0 atom stereocenters. The number of guanidine groups is 1. The molecule has 0 aliphatic heterocycles. The van der Waals surface area contributed by atoms with Gasteiger partial charge >= 0.3 is 0 Å². The van der Waals surface area contributed by atoms with Crippen molar-refractivity contribution < 1.29 is 4.79 Å². The Kier molecular flexibility index (Phi) is 9.85. The molecule has 0 saturated heterocycles. The summed E-state index contributed by atoms with van der Waals surface area (Å²) in [6, 6.07) is 6.55. The third-order valence-electron chi connectivity index (χ3n) is 4.16. The van der Waals surface area contributed by atoms with Gasteiger partial charge in [0.2, 0.25) is 5.91 Å². The second-order valence-electron chi connectivity index (χ2n) is 6.43. The molecule has 3 N–H and O–H groups in total. The van der Waals surface area contributed by atoms with Gasteiger partial charge in [-0.25, -0.2) is 0 Å². The smallest absolute Gasteiger partial charge is 0.223 e. The number of carbonyl (C=O) groups is 1. The maximum atomic E-state index is 11.6. The van der Waals surface area contributed by atoms with Crippen molar-refractivity contribution in [3.8, 4) is 0 Å². The molecule has 1 fully saturated rings. The van der Waals surface area contributed by atoms with Crippen LogP contribution in [-0.4, -0.2) is 38.0 Å². The van der Waals surface area contributed by atoms with E-state index in [-0.39, 0.29) is 35.8 Å². The van der Waals surface area contributed by atoms with Crippen molar-refractivity contribution in [1.29, 1.82) is 0 Å². The lowest BCUT2D eigenvalue weighted by Gasteiger charge is -2.12. The fourth-order valence-corrected chi connectivity index (χ4v) is 2.61. The highest BCUT2D eigenvalue weighted by Gasteiger charge is 2.28. The van der Waals surface area contributed by atoms with Crippen LogP contribution < -0.4 is 16.0 Å². The molecule has 0 heterocycles. The number of nitrogens with zero attached hydrogens (tertiary/aromatic N) is 1. The zero-order valence-corrected chi connectivity index (χ0v) is 17.9. The van der Waals surface area contributed by atoms with E-state index < -0.39 is 0 Å². The second-order valence-corrected chi connectivity index (χ2v) is 6.43. The van der Waals surface area contributed by atoms with Gasteiger partial charge in [-0.2, -0.15) is 0 Å². The topological polar surface area (TPSA) is 65.5 Å². The number of rotatable bonds is 8. The third-order valence-corrected chi connectivity index (χ3v) is 4.16. The molecule has 2 rings (SSSR count). The van der Waals surface area contributed by atoms with E-state index in [0.717, 1.165) is 38.3 Å². The quantitative estimate of drug-likeness (QED) is 0.243. The van der Waals surface area contributed by atoms with Crippen molar-refractivity contribution in [2.45, 2.75) is 40.0 Å². The minimum atomic E-state index is 0. The number of hydrogen-bond acceptors (Lipinski definition) is 2. The van der Waals surface area contributed by atoms with Crippen LogP contribution in [0.1, 0.15) is 36.5 Å². The van der Waals surface area contributed by atoms with E-state index in [2.05, 4.69) is 59.9 Å². The van der Waals surface area contributed by atoms with Crippen molar-refractivity contribution >= 4 is 35.8 Å². The molecule has 6 heteroatoms. The first-order valence-electron chi connectivity index (χ1n) is 8.96. The van der Waals surface area contributed by atoms with Gasteiger partial charge in [0.25, 0.3) is 0 Å². The molecule has 0 spiro atoms. The Labute approximate surface area is 168 Å². The summed E-state index contributed by atoms with van der Waals surface area (Å²) < 4.78 is 0. The number of nitrogens with one attached hydrogen (secondary N) is 3. The highest BCUT2D eigenvalue weighted by atomic mass is 127. The van der Waals surface area contributed by atoms with E-state index in [9.17, 15) is 4.79 Å². The molecule has 0 bridgehead atoms. The Hall–Kier alpha value is -1.31. The molecule has 0 aromatic heterocycles. The molecule has 140 valence electrons. The second kappa shape index (κ2) is 11.3. The van der Waals surface area contributed by atoms with Crippen LogP contribution in [0.15, 0.2) is 23.2 Å². The molecule has 0 radical (unpaired) electrons. The lowest BCUT2D eigenvalue weighted by molar-refractivity contribution is -0.122. The van der Waals surface area contributed by atoms with Gasteiger partial charge in [-0.05, 0) is 51.2 Å². The summed E-state index contributed by atoms with van der Waals surface area (Å²) in [5.74, 6) is 1.26. The van der Waals surface area contributed by atoms with Gasteiger partial charge in [0.1, 0.15) is 0 Å². The third kappa shape index (κ3) is 8.07. The largest absolute Gasteiger partial charge is 0.357 e. The zero-order chi connectivity index (χ0) is 17.4. The highest BCUT2D eigenvalue weighted by Crippen LogP contribution is 2.28. The van der Waals surface area contributed by atoms with E-state index >= 15 is 0 Å². The summed E-state index contributed by atoms with van der Waals surface area (Å²) in [6.07, 6.45) is 3.02. The molecule has 25 heavy (non-hydrogen) atoms. The van der Waals surface area contributed by atoms with Gasteiger partial charge in [0.15, 0.2) is 5.96 Å². The van der Waals surface area contributed by atoms with Crippen LogP contribution in [0.4, 0.5) is 0 Å². The average molecular weight is 458 g/mol. The van der Waals surface area contributed by atoms with Crippen LogP contribution in [0.3, 0.4) is 0 Å². The number of halogens is 1. The first-order chi connectivity index (χ1) is 11.6. The number of benzene rings is 1. The van der Waals surface area contributed by atoms with Gasteiger partial charge in [-0.3, -0.25) is 9.79 Å². The van der Waals surface area contributed by atoms with Gasteiger partial charge < -0.3 is 16.0 Å². The van der Waals surface area contributed by atoms with E-state index in [4.69, 9.17) is 0 Å². The molecular formula is C19H31IN4O. The highest BCUT2D eigenvalue weighted by molar-refractivity contribution is 14.0. The van der Waals surface area contributed by atoms with Crippen LogP contribution in [-0.2, 0) is 11.2 Å². The number of hydrogen-bond donors (Lipinski definition) is 3. The summed E-state index contributed by atoms with van der Waals surface area (Å²) in [7, 11) is 0. The van der Waals surface area contributed by atoms with Gasteiger partial charge in [0.05, 0.1) is 0 Å². The molecule has 0 unspecified atom stereocenters. The summed E-state index contributed by atoms with van der Waals surface area (Å²) in [5, 5.41) is 9.46. The van der Waals surface area contributed by atoms with Crippen molar-refractivity contribution in [3.63, 3.8) is 0 Å². The Balaban J connectivity index is 0.00000312. The van der Waals surface area contributed by atoms with E-state index in [0.29, 0.717) is 13.1 Å². The summed E-state index contributed by atoms with van der Waals surface area (Å²) in [5.41, 5.74) is 3.96. The minimum Gasteiger partial charge on any atom is -0.357 e. The molecule has 1 amide bonds. The average Bonchev–Trinajstić information content (AvgIpc) is 3.38. The van der Waals surface area contributed by atoms with Gasteiger partial charge in [-0.15, -0.1) is 24.0 Å². The van der Waals surface area contributed by atoms with Crippen molar-refractivity contribution in [1.82, 2.24) is 16.0 Å². The van der Waals surface area contributed by atoms with Crippen molar-refractivity contribution in [3.05, 3.63) is 34.9 Å². The normalized spacial score (nSPS) is 13.8. The predicted octanol–water partition coefficient (Wildman–Crippen LogP) is 2.55. The van der Waals surface area contributed by atoms with Crippen LogP contribution in [0, 0.1) is 19.8 Å². The van der Waals surface area contributed by atoms with Gasteiger partial charge in [0, 0.05) is 32.1 Å². The SMILES string of the molecule is CCNC(=NCCc1ccc(C)cc1C)NCCNC(=O)C1CC1.I. The van der Waals surface area contributed by atoms with Crippen LogP contribution in [0.2, 0.25) is 0 Å². The minimum absolute atomic E-state index is 0. The number of aliphatic imine (C=N–C) groups is 1. The van der Waals surface area contributed by atoms with Crippen molar-refractivity contribution in [2.75, 3.05) is 26.2 Å². The Morgan fingerprint density at radius 3 is 2.52 bits per heavy atom. The molecule has 1 saturated carbocycles. The maximum Gasteiger partial charge on any atom is 0.223 e. The molecule has 5 nitrogen and oxygen atoms in total. The maximum absolute atomic E-state index is 11.6. The zero-order valence-electron chi connectivity index (χ0n) is 15.5. The molecule has 1 aliphatic carbocycles. The Bertz CT molecular complexity index is 585. The molecular weight excluding hydrogens is 427 g/mol. The van der Waals surface area contributed by atoms with Crippen LogP contribution in [0.5, 0.6) is 0 Å². The fraction of sp³-hybridized carbons (Fsp3) is 0.579. The van der Waals surface area contributed by atoms with E-state index in [1.165, 1.54) is 16.7 Å². The first-order valence-corrected chi connectivity index (χ1v) is 8.96. The lowest BCUT2D eigenvalue weighted by Crippen LogP contribution is -2.41. The monoisotopic (exact) mass is 458 g/mol. The van der Waals surface area contributed by atoms with Crippen molar-refractivity contribution in [2.24, 2.45) is 10.9 Å². The standard InChI is InChI=1S/C19H30N4O.HI/c1-4-20-19(23-12-11-21-18(24)17-7-8-17)22-10-9-16-6-5-14(2)13-15(16)3;/h5-6,13,17H,4,7-12H2,1-3H3,(H,21,24)(H2,20,22,23);1H. The lowest BCUT2D eigenvalue weighted by atomic mass is 10.0. The van der Waals surface area contributed by atoms with E-state index in [1.807, 2.05) is 0 Å². The molecule has 1 aromatic rings. The summed E-state index contributed by atoms with van der Waals surface area (Å²) >= 11 is 0. The molecule has 1 aromatic carbocycles. The Morgan fingerprint density at radius 2 is 1.88 bits per heavy atom. The van der Waals surface area contributed by atoms with E-state index in [1.54, 1.807) is 0 Å². The molecule has 1 aliphatic rings. The summed E-state index contributed by atoms with van der Waals surface area (Å²) in [6.45, 7) is 9.21. The number of carbonyl (C=O) groups excluding carboxylic acids is 1. The fourth-order valence-electron chi connectivity index (χ4n) is 2.61. The number of amides is 1.